The number of halogens is 1. The molecule has 0 atom stereocenters. The molecule has 0 aliphatic rings. The van der Waals surface area contributed by atoms with Crippen LogP contribution in [-0.2, 0) is 7.05 Å². The Labute approximate surface area is 88.0 Å². The molecule has 0 bridgehead atoms. The Morgan fingerprint density at radius 3 is 2.93 bits per heavy atom. The first-order valence-corrected chi connectivity index (χ1v) is 4.73. The molecule has 14 heavy (non-hydrogen) atoms. The molecule has 1 aromatic carbocycles. The van der Waals surface area contributed by atoms with Crippen molar-refractivity contribution in [2.24, 2.45) is 7.05 Å². The Balaban J connectivity index is 3.03. The average molecular weight is 255 g/mol. The number of fused-ring (bicyclic) bond motifs is 1. The Hall–Kier alpha value is -1.36. The molecule has 1 aromatic heterocycles. The smallest absolute Gasteiger partial charge is 0.269 e. The van der Waals surface area contributed by atoms with Crippen molar-refractivity contribution in [3.63, 3.8) is 0 Å². The van der Waals surface area contributed by atoms with Gasteiger partial charge in [0, 0.05) is 11.5 Å². The molecule has 0 saturated heterocycles. The summed E-state index contributed by atoms with van der Waals surface area (Å²) in [6, 6.07) is 3.28. The van der Waals surface area contributed by atoms with Crippen LogP contribution in [0.15, 0.2) is 27.6 Å². The highest BCUT2D eigenvalue weighted by molar-refractivity contribution is 9.10. The number of phenolic OH excluding ortho intramolecular Hbond substituents is 1. The number of benzene rings is 1. The number of phenols is 1. The number of hydrogen-bond donors (Lipinski definition) is 1. The van der Waals surface area contributed by atoms with E-state index in [1.807, 2.05) is 0 Å². The minimum atomic E-state index is -0.241. The first-order valence-electron chi connectivity index (χ1n) is 3.94. The fraction of sp³-hybridized carbons (Fsp3) is 0.111. The fourth-order valence-corrected chi connectivity index (χ4v) is 1.77. The summed E-state index contributed by atoms with van der Waals surface area (Å²) in [6.07, 6.45) is 1.23. The van der Waals surface area contributed by atoms with Crippen molar-refractivity contribution in [3.05, 3.63) is 33.2 Å². The molecule has 1 N–H and O–H groups in total. The monoisotopic (exact) mass is 254 g/mol. The number of rotatable bonds is 0. The highest BCUT2D eigenvalue weighted by Gasteiger charge is 2.06. The molecule has 2 aromatic rings. The molecule has 0 amide bonds. The van der Waals surface area contributed by atoms with Gasteiger partial charge in [0.25, 0.3) is 5.56 Å². The Morgan fingerprint density at radius 1 is 1.50 bits per heavy atom. The zero-order valence-corrected chi connectivity index (χ0v) is 8.95. The number of nitrogens with zero attached hydrogens (tertiary/aromatic N) is 2. The van der Waals surface area contributed by atoms with Gasteiger partial charge >= 0.3 is 0 Å². The highest BCUT2D eigenvalue weighted by Crippen LogP contribution is 2.26. The summed E-state index contributed by atoms with van der Waals surface area (Å²) in [6.45, 7) is 0. The fourth-order valence-electron chi connectivity index (χ4n) is 1.33. The molecule has 1 heterocycles. The van der Waals surface area contributed by atoms with Crippen molar-refractivity contribution in [1.29, 1.82) is 0 Å². The van der Waals surface area contributed by atoms with Crippen molar-refractivity contribution >= 4 is 27.0 Å². The molecule has 0 saturated carbocycles. The van der Waals surface area contributed by atoms with Gasteiger partial charge in [0.15, 0.2) is 0 Å². The van der Waals surface area contributed by atoms with E-state index in [1.54, 1.807) is 13.1 Å². The minimum Gasteiger partial charge on any atom is -0.506 e. The first kappa shape index (κ1) is 9.21. The molecule has 0 unspecified atom stereocenters. The van der Waals surface area contributed by atoms with Gasteiger partial charge in [-0.25, -0.2) is 4.98 Å². The van der Waals surface area contributed by atoms with Crippen molar-refractivity contribution in [2.45, 2.75) is 0 Å². The van der Waals surface area contributed by atoms with Crippen LogP contribution in [0.3, 0.4) is 0 Å². The maximum absolute atomic E-state index is 11.2. The van der Waals surface area contributed by atoms with Gasteiger partial charge < -0.3 is 9.67 Å². The average Bonchev–Trinajstić information content (AvgIpc) is 2.10. The lowest BCUT2D eigenvalue weighted by Gasteiger charge is -2.05. The second kappa shape index (κ2) is 3.09. The summed E-state index contributed by atoms with van der Waals surface area (Å²) in [5.74, 6) is 0.0436. The Morgan fingerprint density at radius 2 is 2.21 bits per heavy atom. The molecule has 5 heteroatoms. The zero-order valence-electron chi connectivity index (χ0n) is 7.36. The molecule has 72 valence electrons. The van der Waals surface area contributed by atoms with Gasteiger partial charge in [-0.2, -0.15) is 0 Å². The van der Waals surface area contributed by atoms with E-state index in [9.17, 15) is 9.90 Å². The highest BCUT2D eigenvalue weighted by atomic mass is 79.9. The van der Waals surface area contributed by atoms with Crippen LogP contribution in [0.1, 0.15) is 0 Å². The summed E-state index contributed by atoms with van der Waals surface area (Å²) in [4.78, 5) is 15.2. The summed E-state index contributed by atoms with van der Waals surface area (Å²) in [5.41, 5.74) is 0.787. The second-order valence-electron chi connectivity index (χ2n) is 2.95. The van der Waals surface area contributed by atoms with E-state index in [0.717, 1.165) is 4.47 Å². The van der Waals surface area contributed by atoms with Crippen LogP contribution < -0.4 is 5.56 Å². The third-order valence-electron chi connectivity index (χ3n) is 2.01. The van der Waals surface area contributed by atoms with Crippen LogP contribution in [0.2, 0.25) is 0 Å². The molecule has 0 aliphatic carbocycles. The molecule has 4 nitrogen and oxygen atoms in total. The van der Waals surface area contributed by atoms with Gasteiger partial charge in [-0.1, -0.05) is 15.9 Å². The normalized spacial score (nSPS) is 10.7. The molecule has 0 fully saturated rings. The van der Waals surface area contributed by atoms with Gasteiger partial charge in [0.05, 0.1) is 11.7 Å². The second-order valence-corrected chi connectivity index (χ2v) is 3.86. The standard InChI is InChI=1S/C9H7BrN2O2/c1-12-8(14)4-11-6-2-5(10)3-7(13)9(6)12/h2-4,13H,1H3. The number of aryl methyl sites for hydroxylation is 1. The molecule has 0 spiro atoms. The maximum atomic E-state index is 11.2. The van der Waals surface area contributed by atoms with E-state index in [1.165, 1.54) is 16.8 Å². The predicted octanol–water partition coefficient (Wildman–Crippen LogP) is 1.40. The van der Waals surface area contributed by atoms with Gasteiger partial charge in [-0.05, 0) is 12.1 Å². The van der Waals surface area contributed by atoms with E-state index >= 15 is 0 Å². The lowest BCUT2D eigenvalue weighted by molar-refractivity contribution is 0.477. The SMILES string of the molecule is Cn1c(=O)cnc2cc(Br)cc(O)c21. The van der Waals surface area contributed by atoms with Gasteiger partial charge in [-0.15, -0.1) is 0 Å². The van der Waals surface area contributed by atoms with Crippen LogP contribution in [0, 0.1) is 0 Å². The van der Waals surface area contributed by atoms with Crippen LogP contribution in [0.25, 0.3) is 11.0 Å². The third kappa shape index (κ3) is 1.29. The topological polar surface area (TPSA) is 55.1 Å². The summed E-state index contributed by atoms with van der Waals surface area (Å²) >= 11 is 3.24. The summed E-state index contributed by atoms with van der Waals surface area (Å²) in [5, 5.41) is 9.63. The lowest BCUT2D eigenvalue weighted by Crippen LogP contribution is -2.16. The van der Waals surface area contributed by atoms with Gasteiger partial charge in [0.2, 0.25) is 0 Å². The molecule has 0 aliphatic heterocycles. The zero-order chi connectivity index (χ0) is 10.3. The third-order valence-corrected chi connectivity index (χ3v) is 2.47. The molecular weight excluding hydrogens is 248 g/mol. The van der Waals surface area contributed by atoms with Crippen LogP contribution >= 0.6 is 15.9 Å². The summed E-state index contributed by atoms with van der Waals surface area (Å²) in [7, 11) is 1.60. The Bertz CT molecular complexity index is 562. The van der Waals surface area contributed by atoms with E-state index in [-0.39, 0.29) is 11.3 Å². The molecule has 0 radical (unpaired) electrons. The van der Waals surface area contributed by atoms with E-state index in [0.29, 0.717) is 11.0 Å². The van der Waals surface area contributed by atoms with Gasteiger partial charge in [0.1, 0.15) is 11.3 Å². The van der Waals surface area contributed by atoms with Crippen molar-refractivity contribution < 1.29 is 5.11 Å². The van der Waals surface area contributed by atoms with Crippen LogP contribution in [-0.4, -0.2) is 14.7 Å². The number of hydrogen-bond acceptors (Lipinski definition) is 3. The molecular formula is C9H7BrN2O2. The van der Waals surface area contributed by atoms with E-state index in [2.05, 4.69) is 20.9 Å². The van der Waals surface area contributed by atoms with E-state index in [4.69, 9.17) is 0 Å². The largest absolute Gasteiger partial charge is 0.506 e. The van der Waals surface area contributed by atoms with Crippen molar-refractivity contribution in [1.82, 2.24) is 9.55 Å². The van der Waals surface area contributed by atoms with Gasteiger partial charge in [-0.3, -0.25) is 4.79 Å². The van der Waals surface area contributed by atoms with Crippen molar-refractivity contribution in [3.8, 4) is 5.75 Å². The summed E-state index contributed by atoms with van der Waals surface area (Å²) < 4.78 is 2.10. The lowest BCUT2D eigenvalue weighted by atomic mass is 10.3. The number of aromatic nitrogens is 2. The quantitative estimate of drug-likeness (QED) is 0.774. The number of aromatic hydroxyl groups is 1. The molecule has 2 rings (SSSR count). The van der Waals surface area contributed by atoms with Crippen LogP contribution in [0.4, 0.5) is 0 Å². The first-order chi connectivity index (χ1) is 6.59. The predicted molar refractivity (Wildman–Crippen MR) is 56.3 cm³/mol. The van der Waals surface area contributed by atoms with Crippen molar-refractivity contribution in [2.75, 3.05) is 0 Å². The van der Waals surface area contributed by atoms with E-state index < -0.39 is 0 Å². The maximum Gasteiger partial charge on any atom is 0.269 e. The Kier molecular flexibility index (Phi) is 2.03. The minimum absolute atomic E-state index is 0.0436. The van der Waals surface area contributed by atoms with Crippen LogP contribution in [0.5, 0.6) is 5.75 Å².